The summed E-state index contributed by atoms with van der Waals surface area (Å²) in [5, 5.41) is 2.55. The van der Waals surface area contributed by atoms with E-state index in [2.05, 4.69) is 5.32 Å². The molecule has 0 spiro atoms. The number of alkyl halides is 3. The number of carbonyl (C=O) groups excluding carboxylic acids is 2. The second-order valence-corrected chi connectivity index (χ2v) is 6.84. The predicted molar refractivity (Wildman–Crippen MR) is 101 cm³/mol. The fourth-order valence-corrected chi connectivity index (χ4v) is 2.49. The second-order valence-electron chi connectivity index (χ2n) is 6.84. The van der Waals surface area contributed by atoms with Gasteiger partial charge in [0, 0.05) is 31.4 Å². The molecule has 2 amide bonds. The molecule has 2 aromatic rings. The van der Waals surface area contributed by atoms with Crippen molar-refractivity contribution < 1.29 is 22.8 Å². The highest BCUT2D eigenvalue weighted by atomic mass is 19.4. The number of hydrogen-bond donors (Lipinski definition) is 1. The Morgan fingerprint density at radius 3 is 2.31 bits per heavy atom. The van der Waals surface area contributed by atoms with Crippen LogP contribution in [0.1, 0.15) is 35.3 Å². The lowest BCUT2D eigenvalue weighted by molar-refractivity contribution is -0.139. The third-order valence-corrected chi connectivity index (χ3v) is 4.43. The van der Waals surface area contributed by atoms with E-state index in [1.165, 1.54) is 0 Å². The molecule has 2 rings (SSSR count). The van der Waals surface area contributed by atoms with Crippen LogP contribution in [0.5, 0.6) is 0 Å². The van der Waals surface area contributed by atoms with Crippen LogP contribution in [0.2, 0.25) is 0 Å². The zero-order chi connectivity index (χ0) is 21.8. The molecule has 0 unspecified atom stereocenters. The Morgan fingerprint density at radius 1 is 1.14 bits per heavy atom. The molecule has 1 N–H and O–H groups in total. The van der Waals surface area contributed by atoms with E-state index in [9.17, 15) is 27.6 Å². The van der Waals surface area contributed by atoms with Gasteiger partial charge in [-0.2, -0.15) is 13.2 Å². The molecule has 6 nitrogen and oxygen atoms in total. The van der Waals surface area contributed by atoms with Gasteiger partial charge in [0.15, 0.2) is 0 Å². The third-order valence-electron chi connectivity index (χ3n) is 4.43. The highest BCUT2D eigenvalue weighted by Gasteiger charge is 2.34. The van der Waals surface area contributed by atoms with Crippen molar-refractivity contribution in [1.29, 1.82) is 0 Å². The first-order chi connectivity index (χ1) is 13.5. The fourth-order valence-electron chi connectivity index (χ4n) is 2.49. The molecule has 9 heteroatoms. The molecule has 0 aliphatic rings. The van der Waals surface area contributed by atoms with Gasteiger partial charge in [-0.3, -0.25) is 14.4 Å². The molecule has 0 aliphatic carbocycles. The number of benzene rings is 1. The third kappa shape index (κ3) is 5.69. The Labute approximate surface area is 165 Å². The number of pyridine rings is 1. The van der Waals surface area contributed by atoms with Gasteiger partial charge < -0.3 is 14.8 Å². The number of carbonyl (C=O) groups is 2. The van der Waals surface area contributed by atoms with Crippen LogP contribution in [0.15, 0.2) is 47.4 Å². The van der Waals surface area contributed by atoms with Crippen LogP contribution < -0.4 is 10.9 Å². The Morgan fingerprint density at radius 2 is 1.76 bits per heavy atom. The first kappa shape index (κ1) is 22.2. The summed E-state index contributed by atoms with van der Waals surface area (Å²) in [4.78, 5) is 37.7. The van der Waals surface area contributed by atoms with Crippen molar-refractivity contribution in [3.63, 3.8) is 0 Å². The largest absolute Gasteiger partial charge is 0.421 e. The summed E-state index contributed by atoms with van der Waals surface area (Å²) in [5.41, 5.74) is -1.38. The minimum Gasteiger partial charge on any atom is -0.350 e. The van der Waals surface area contributed by atoms with Gasteiger partial charge in [-0.25, -0.2) is 0 Å². The lowest BCUT2D eigenvalue weighted by atomic mass is 10.1. The quantitative estimate of drug-likeness (QED) is 0.798. The Balaban J connectivity index is 1.98. The van der Waals surface area contributed by atoms with Gasteiger partial charge in [-0.15, -0.1) is 0 Å². The van der Waals surface area contributed by atoms with Gasteiger partial charge in [0.05, 0.1) is 0 Å². The number of hydrogen-bond acceptors (Lipinski definition) is 3. The minimum absolute atomic E-state index is 0.0562. The second kappa shape index (κ2) is 8.93. The summed E-state index contributed by atoms with van der Waals surface area (Å²) >= 11 is 0. The van der Waals surface area contributed by atoms with Gasteiger partial charge in [0.2, 0.25) is 5.91 Å². The van der Waals surface area contributed by atoms with E-state index in [1.807, 2.05) is 13.8 Å². The summed E-state index contributed by atoms with van der Waals surface area (Å²) in [7, 11) is 1.71. The van der Waals surface area contributed by atoms with Crippen LogP contribution in [0.25, 0.3) is 0 Å². The Kier molecular flexibility index (Phi) is 6.84. The summed E-state index contributed by atoms with van der Waals surface area (Å²) in [6.45, 7) is 3.38. The summed E-state index contributed by atoms with van der Waals surface area (Å²) < 4.78 is 39.0. The monoisotopic (exact) mass is 409 g/mol. The molecule has 0 bridgehead atoms. The number of nitrogens with one attached hydrogen (secondary N) is 1. The molecule has 29 heavy (non-hydrogen) atoms. The number of nitrogens with zero attached hydrogens (tertiary/aromatic N) is 2. The van der Waals surface area contributed by atoms with Crippen molar-refractivity contribution in [3.05, 3.63) is 69.6 Å². The fraction of sp³-hybridized carbons (Fsp3) is 0.350. The van der Waals surface area contributed by atoms with Crippen LogP contribution in [0.4, 0.5) is 13.2 Å². The smallest absolute Gasteiger partial charge is 0.350 e. The maximum absolute atomic E-state index is 12.8. The highest BCUT2D eigenvalue weighted by molar-refractivity contribution is 5.94. The van der Waals surface area contributed by atoms with Crippen molar-refractivity contribution >= 4 is 11.8 Å². The molecule has 0 saturated carbocycles. The van der Waals surface area contributed by atoms with Crippen molar-refractivity contribution in [1.82, 2.24) is 14.8 Å². The number of amides is 2. The van der Waals surface area contributed by atoms with Crippen molar-refractivity contribution in [2.75, 3.05) is 7.05 Å². The first-order valence-corrected chi connectivity index (χ1v) is 8.90. The van der Waals surface area contributed by atoms with E-state index >= 15 is 0 Å². The average Bonchev–Trinajstić information content (AvgIpc) is 2.66. The molecule has 0 aliphatic heterocycles. The molecule has 0 fully saturated rings. The molecule has 1 aromatic carbocycles. The molecule has 1 heterocycles. The number of aromatic nitrogens is 1. The molecule has 0 atom stereocenters. The average molecular weight is 409 g/mol. The molecule has 1 aromatic heterocycles. The van der Waals surface area contributed by atoms with Gasteiger partial charge >= 0.3 is 6.18 Å². The lowest BCUT2D eigenvalue weighted by Gasteiger charge is -2.21. The summed E-state index contributed by atoms with van der Waals surface area (Å²) in [6.07, 6.45) is -3.65. The summed E-state index contributed by atoms with van der Waals surface area (Å²) in [6, 6.07) is 8.44. The normalized spacial score (nSPS) is 11.4. The van der Waals surface area contributed by atoms with Gasteiger partial charge in [0.1, 0.15) is 12.1 Å². The SMILES string of the molecule is CC(C)N(C)C(=O)c1ccc(CNC(=O)Cn2cccc(C(F)(F)F)c2=O)cc1. The maximum Gasteiger partial charge on any atom is 0.421 e. The molecule has 0 saturated heterocycles. The topological polar surface area (TPSA) is 71.4 Å². The van der Waals surface area contributed by atoms with Crippen LogP contribution in [0, 0.1) is 0 Å². The van der Waals surface area contributed by atoms with Crippen molar-refractivity contribution in [2.24, 2.45) is 0 Å². The van der Waals surface area contributed by atoms with Crippen LogP contribution >= 0.6 is 0 Å². The molecule has 156 valence electrons. The van der Waals surface area contributed by atoms with Gasteiger partial charge in [-0.05, 0) is 43.7 Å². The molecular formula is C20H22F3N3O3. The van der Waals surface area contributed by atoms with E-state index in [4.69, 9.17) is 0 Å². The van der Waals surface area contributed by atoms with E-state index in [-0.39, 0.29) is 18.5 Å². The van der Waals surface area contributed by atoms with Crippen LogP contribution in [-0.2, 0) is 24.1 Å². The van der Waals surface area contributed by atoms with E-state index in [0.29, 0.717) is 21.8 Å². The number of rotatable bonds is 6. The number of halogens is 3. The zero-order valence-corrected chi connectivity index (χ0v) is 16.3. The Bertz CT molecular complexity index is 934. The van der Waals surface area contributed by atoms with E-state index < -0.39 is 29.8 Å². The minimum atomic E-state index is -4.78. The van der Waals surface area contributed by atoms with Crippen molar-refractivity contribution in [3.8, 4) is 0 Å². The maximum atomic E-state index is 12.8. The van der Waals surface area contributed by atoms with E-state index in [1.54, 1.807) is 36.2 Å². The highest BCUT2D eigenvalue weighted by Crippen LogP contribution is 2.25. The lowest BCUT2D eigenvalue weighted by Crippen LogP contribution is -2.34. The van der Waals surface area contributed by atoms with E-state index in [0.717, 1.165) is 12.3 Å². The molecular weight excluding hydrogens is 387 g/mol. The predicted octanol–water partition coefficient (Wildman–Crippen LogP) is 2.66. The first-order valence-electron chi connectivity index (χ1n) is 8.90. The van der Waals surface area contributed by atoms with Gasteiger partial charge in [-0.1, -0.05) is 12.1 Å². The molecule has 0 radical (unpaired) electrons. The standard InChI is InChI=1S/C20H22F3N3O3/c1-13(2)25(3)18(28)15-8-6-14(7-9-15)11-24-17(27)12-26-10-4-5-16(19(26)29)20(21,22)23/h4-10,13H,11-12H2,1-3H3,(H,24,27). The zero-order valence-electron chi connectivity index (χ0n) is 16.3. The van der Waals surface area contributed by atoms with Gasteiger partial charge in [0.25, 0.3) is 11.5 Å². The van der Waals surface area contributed by atoms with Crippen LogP contribution in [-0.4, -0.2) is 34.4 Å². The van der Waals surface area contributed by atoms with Crippen LogP contribution in [0.3, 0.4) is 0 Å². The summed E-state index contributed by atoms with van der Waals surface area (Å²) in [5.74, 6) is -0.731. The van der Waals surface area contributed by atoms with Crippen molar-refractivity contribution in [2.45, 2.75) is 39.2 Å². The Hall–Kier alpha value is -3.10.